The molecule has 0 amide bonds. The van der Waals surface area contributed by atoms with Crippen molar-refractivity contribution in [2.24, 2.45) is 7.05 Å². The Kier molecular flexibility index (Phi) is 1.95. The molecule has 0 unspecified atom stereocenters. The molecule has 12 heavy (non-hydrogen) atoms. The van der Waals surface area contributed by atoms with Crippen molar-refractivity contribution in [1.82, 2.24) is 4.57 Å². The van der Waals surface area contributed by atoms with Crippen LogP contribution in [0, 0.1) is 0 Å². The van der Waals surface area contributed by atoms with Gasteiger partial charge in [0.25, 0.3) is 0 Å². The number of nitrogens with zero attached hydrogens (tertiary/aromatic N) is 1. The predicted octanol–water partition coefficient (Wildman–Crippen LogP) is 0.437. The number of aromatic carboxylic acids is 1. The van der Waals surface area contributed by atoms with Crippen molar-refractivity contribution in [3.8, 4) is 11.6 Å². The number of carboxylic acid groups (broad SMARTS) is 1. The molecule has 0 aliphatic rings. The third-order valence-corrected chi connectivity index (χ3v) is 1.54. The van der Waals surface area contributed by atoms with Crippen molar-refractivity contribution in [2.45, 2.75) is 0 Å². The molecule has 5 heteroatoms. The third-order valence-electron chi connectivity index (χ3n) is 1.54. The molecule has 0 spiro atoms. The van der Waals surface area contributed by atoms with Crippen LogP contribution >= 0.6 is 0 Å². The summed E-state index contributed by atoms with van der Waals surface area (Å²) in [6.07, 6.45) is 1.29. The maximum Gasteiger partial charge on any atom is 0.341 e. The normalized spacial score (nSPS) is 9.83. The van der Waals surface area contributed by atoms with E-state index < -0.39 is 5.97 Å². The van der Waals surface area contributed by atoms with E-state index in [2.05, 4.69) is 0 Å². The van der Waals surface area contributed by atoms with E-state index in [0.29, 0.717) is 0 Å². The second-order valence-electron chi connectivity index (χ2n) is 2.32. The van der Waals surface area contributed by atoms with Crippen molar-refractivity contribution in [2.75, 3.05) is 7.11 Å². The molecule has 0 atom stereocenters. The lowest BCUT2D eigenvalue weighted by Crippen LogP contribution is -1.96. The van der Waals surface area contributed by atoms with Crippen molar-refractivity contribution in [1.29, 1.82) is 0 Å². The van der Waals surface area contributed by atoms with Gasteiger partial charge < -0.3 is 19.5 Å². The van der Waals surface area contributed by atoms with Gasteiger partial charge >= 0.3 is 5.97 Å². The lowest BCUT2D eigenvalue weighted by atomic mass is 10.3. The molecule has 1 aromatic heterocycles. The Morgan fingerprint density at radius 2 is 2.25 bits per heavy atom. The van der Waals surface area contributed by atoms with Gasteiger partial charge in [-0.25, -0.2) is 4.79 Å². The van der Waals surface area contributed by atoms with Crippen LogP contribution in [0.15, 0.2) is 6.20 Å². The Balaban J connectivity index is 3.29. The smallest absolute Gasteiger partial charge is 0.341 e. The number of carbonyl (C=O) groups is 1. The van der Waals surface area contributed by atoms with Crippen LogP contribution < -0.4 is 4.74 Å². The van der Waals surface area contributed by atoms with Crippen LogP contribution in [-0.2, 0) is 7.05 Å². The van der Waals surface area contributed by atoms with Crippen LogP contribution in [0.25, 0.3) is 0 Å². The van der Waals surface area contributed by atoms with E-state index in [4.69, 9.17) is 9.84 Å². The van der Waals surface area contributed by atoms with Crippen LogP contribution in [-0.4, -0.2) is 27.9 Å². The summed E-state index contributed by atoms with van der Waals surface area (Å²) < 4.78 is 5.99. The van der Waals surface area contributed by atoms with Gasteiger partial charge in [0.2, 0.25) is 5.88 Å². The lowest BCUT2D eigenvalue weighted by Gasteiger charge is -1.98. The number of aryl methyl sites for hydroxylation is 1. The molecule has 5 nitrogen and oxygen atoms in total. The molecule has 0 aliphatic heterocycles. The van der Waals surface area contributed by atoms with E-state index >= 15 is 0 Å². The molecule has 2 N–H and O–H groups in total. The van der Waals surface area contributed by atoms with Crippen LogP contribution in [0.3, 0.4) is 0 Å². The highest BCUT2D eigenvalue weighted by Crippen LogP contribution is 2.30. The van der Waals surface area contributed by atoms with Gasteiger partial charge in [-0.2, -0.15) is 0 Å². The topological polar surface area (TPSA) is 71.7 Å². The first-order valence-electron chi connectivity index (χ1n) is 3.23. The van der Waals surface area contributed by atoms with Gasteiger partial charge in [0.15, 0.2) is 5.75 Å². The predicted molar refractivity (Wildman–Crippen MR) is 40.6 cm³/mol. The van der Waals surface area contributed by atoms with Crippen LogP contribution in [0.5, 0.6) is 11.6 Å². The molecule has 1 rings (SSSR count). The average molecular weight is 171 g/mol. The maximum atomic E-state index is 10.5. The molecule has 1 aromatic rings. The van der Waals surface area contributed by atoms with Gasteiger partial charge in [0, 0.05) is 13.2 Å². The van der Waals surface area contributed by atoms with Crippen molar-refractivity contribution in [3.63, 3.8) is 0 Å². The number of ether oxygens (including phenoxy) is 1. The van der Waals surface area contributed by atoms with Crippen molar-refractivity contribution < 1.29 is 19.7 Å². The summed E-state index contributed by atoms with van der Waals surface area (Å²) >= 11 is 0. The Morgan fingerprint density at radius 1 is 1.67 bits per heavy atom. The molecular formula is C7H9NO4. The first-order chi connectivity index (χ1) is 5.57. The minimum absolute atomic E-state index is 0.00926. The number of methoxy groups -OCH3 is 1. The lowest BCUT2D eigenvalue weighted by molar-refractivity contribution is 0.0693. The SMILES string of the molecule is COc1c(C(=O)O)cn(C)c1O. The van der Waals surface area contributed by atoms with E-state index in [1.54, 1.807) is 0 Å². The second kappa shape index (κ2) is 2.77. The van der Waals surface area contributed by atoms with Crippen molar-refractivity contribution in [3.05, 3.63) is 11.8 Å². The summed E-state index contributed by atoms with van der Waals surface area (Å²) in [5.74, 6) is -1.32. The Morgan fingerprint density at radius 3 is 2.58 bits per heavy atom. The standard InChI is InChI=1S/C7H9NO4/c1-8-3-4(7(10)11)5(12-2)6(8)9/h3,9H,1-2H3,(H,10,11). The van der Waals surface area contributed by atoms with E-state index in [1.165, 1.54) is 24.9 Å². The number of hydrogen-bond acceptors (Lipinski definition) is 3. The van der Waals surface area contributed by atoms with Gasteiger partial charge in [0.05, 0.1) is 7.11 Å². The van der Waals surface area contributed by atoms with Crippen LogP contribution in [0.2, 0.25) is 0 Å². The first-order valence-corrected chi connectivity index (χ1v) is 3.23. The Hall–Kier alpha value is -1.65. The van der Waals surface area contributed by atoms with Crippen LogP contribution in [0.4, 0.5) is 0 Å². The molecule has 1 heterocycles. The first kappa shape index (κ1) is 8.45. The van der Waals surface area contributed by atoms with Gasteiger partial charge in [-0.1, -0.05) is 0 Å². The molecule has 0 radical (unpaired) electrons. The summed E-state index contributed by atoms with van der Waals surface area (Å²) in [7, 11) is 2.84. The summed E-state index contributed by atoms with van der Waals surface area (Å²) in [6.45, 7) is 0. The fourth-order valence-electron chi connectivity index (χ4n) is 0.948. The zero-order chi connectivity index (χ0) is 9.30. The third kappa shape index (κ3) is 1.09. The molecule has 0 aliphatic carbocycles. The molecule has 0 fully saturated rings. The summed E-state index contributed by atoms with van der Waals surface area (Å²) in [5.41, 5.74) is -0.0440. The zero-order valence-corrected chi connectivity index (χ0v) is 6.74. The zero-order valence-electron chi connectivity index (χ0n) is 6.74. The molecular weight excluding hydrogens is 162 g/mol. The van der Waals surface area contributed by atoms with Gasteiger partial charge in [-0.05, 0) is 0 Å². The van der Waals surface area contributed by atoms with E-state index in [0.717, 1.165) is 0 Å². The molecule has 0 saturated heterocycles. The van der Waals surface area contributed by atoms with Crippen molar-refractivity contribution >= 4 is 5.97 Å². The Bertz CT molecular complexity index is 315. The molecule has 0 aromatic carbocycles. The number of carboxylic acids is 1. The summed E-state index contributed by atoms with van der Waals surface area (Å²) in [4.78, 5) is 10.5. The number of aromatic nitrogens is 1. The minimum Gasteiger partial charge on any atom is -0.492 e. The average Bonchev–Trinajstić information content (AvgIpc) is 2.29. The number of aromatic hydroxyl groups is 1. The molecule has 0 saturated carbocycles. The van der Waals surface area contributed by atoms with Gasteiger partial charge in [0.1, 0.15) is 5.56 Å². The monoisotopic (exact) mass is 171 g/mol. The Labute approximate surface area is 68.8 Å². The fourth-order valence-corrected chi connectivity index (χ4v) is 0.948. The van der Waals surface area contributed by atoms with E-state index in [-0.39, 0.29) is 17.2 Å². The molecule has 66 valence electrons. The van der Waals surface area contributed by atoms with E-state index in [9.17, 15) is 9.90 Å². The second-order valence-corrected chi connectivity index (χ2v) is 2.32. The summed E-state index contributed by atoms with van der Waals surface area (Å²) in [6, 6.07) is 0. The van der Waals surface area contributed by atoms with Gasteiger partial charge in [-0.3, -0.25) is 0 Å². The highest BCUT2D eigenvalue weighted by Gasteiger charge is 2.18. The van der Waals surface area contributed by atoms with Crippen LogP contribution in [0.1, 0.15) is 10.4 Å². The number of hydrogen-bond donors (Lipinski definition) is 2. The highest BCUT2D eigenvalue weighted by molar-refractivity contribution is 5.91. The fraction of sp³-hybridized carbons (Fsp3) is 0.286. The summed E-state index contributed by atoms with van der Waals surface area (Å²) in [5, 5.41) is 17.9. The molecule has 0 bridgehead atoms. The minimum atomic E-state index is -1.12. The number of rotatable bonds is 2. The largest absolute Gasteiger partial charge is 0.492 e. The highest BCUT2D eigenvalue weighted by atomic mass is 16.5. The maximum absolute atomic E-state index is 10.5. The van der Waals surface area contributed by atoms with Gasteiger partial charge in [-0.15, -0.1) is 0 Å². The van der Waals surface area contributed by atoms with E-state index in [1.807, 2.05) is 0 Å². The quantitative estimate of drug-likeness (QED) is 0.677.